The largest absolute Gasteiger partial charge is 0.330 e. The fourth-order valence-electron chi connectivity index (χ4n) is 2.59. The lowest BCUT2D eigenvalue weighted by Crippen LogP contribution is -2.12. The van der Waals surface area contributed by atoms with Gasteiger partial charge in [0.25, 0.3) is 0 Å². The van der Waals surface area contributed by atoms with Gasteiger partial charge >= 0.3 is 0 Å². The van der Waals surface area contributed by atoms with Gasteiger partial charge in [0.05, 0.1) is 9.92 Å². The molecule has 2 aromatic rings. The SMILES string of the molecule is Cl.NCCCCCCc1ccc2c(S(N)(=O)=O)cccc2c1Cl. The van der Waals surface area contributed by atoms with Gasteiger partial charge < -0.3 is 5.73 Å². The van der Waals surface area contributed by atoms with E-state index in [1.807, 2.05) is 12.1 Å². The number of unbranched alkanes of at least 4 members (excludes halogenated alkanes) is 3. The van der Waals surface area contributed by atoms with Crippen LogP contribution >= 0.6 is 24.0 Å². The molecule has 0 unspecified atom stereocenters. The fraction of sp³-hybridized carbons (Fsp3) is 0.375. The molecular weight excluding hydrogens is 355 g/mol. The van der Waals surface area contributed by atoms with Crippen molar-refractivity contribution in [2.45, 2.75) is 37.0 Å². The van der Waals surface area contributed by atoms with Crippen molar-refractivity contribution in [3.05, 3.63) is 40.9 Å². The van der Waals surface area contributed by atoms with Crippen LogP contribution in [0.2, 0.25) is 5.02 Å². The van der Waals surface area contributed by atoms with E-state index in [-0.39, 0.29) is 17.3 Å². The van der Waals surface area contributed by atoms with Gasteiger partial charge in [0.2, 0.25) is 10.0 Å². The Bertz CT molecular complexity index is 764. The Morgan fingerprint density at radius 1 is 0.957 bits per heavy atom. The number of fused-ring (bicyclic) bond motifs is 1. The van der Waals surface area contributed by atoms with Crippen LogP contribution in [0.5, 0.6) is 0 Å². The summed E-state index contributed by atoms with van der Waals surface area (Å²) in [6, 6.07) is 8.67. The summed E-state index contributed by atoms with van der Waals surface area (Å²) in [5, 5.41) is 7.17. The lowest BCUT2D eigenvalue weighted by molar-refractivity contribution is 0.598. The molecule has 4 nitrogen and oxygen atoms in total. The molecule has 0 aliphatic rings. The van der Waals surface area contributed by atoms with Crippen molar-refractivity contribution >= 4 is 44.8 Å². The summed E-state index contributed by atoms with van der Waals surface area (Å²) in [6.45, 7) is 0.729. The van der Waals surface area contributed by atoms with E-state index in [0.29, 0.717) is 10.4 Å². The molecule has 7 heteroatoms. The molecule has 0 saturated heterocycles. The van der Waals surface area contributed by atoms with E-state index in [4.69, 9.17) is 22.5 Å². The maximum absolute atomic E-state index is 11.6. The van der Waals surface area contributed by atoms with Crippen molar-refractivity contribution in [1.29, 1.82) is 0 Å². The first kappa shape index (κ1) is 20.2. The Morgan fingerprint density at radius 3 is 2.30 bits per heavy atom. The van der Waals surface area contributed by atoms with Gasteiger partial charge in [0.15, 0.2) is 0 Å². The van der Waals surface area contributed by atoms with Crippen LogP contribution in [0.3, 0.4) is 0 Å². The molecule has 0 heterocycles. The molecule has 0 aromatic heterocycles. The predicted octanol–water partition coefficient (Wildman–Crippen LogP) is 3.62. The molecule has 4 N–H and O–H groups in total. The fourth-order valence-corrected chi connectivity index (χ4v) is 3.67. The second-order valence-corrected chi connectivity index (χ2v) is 7.30. The molecule has 0 atom stereocenters. The third-order valence-corrected chi connectivity index (χ3v) is 5.16. The van der Waals surface area contributed by atoms with Crippen LogP contribution in [0.25, 0.3) is 10.8 Å². The quantitative estimate of drug-likeness (QED) is 0.723. The van der Waals surface area contributed by atoms with Gasteiger partial charge in [0.1, 0.15) is 0 Å². The number of primary sulfonamides is 1. The molecule has 128 valence electrons. The smallest absolute Gasteiger partial charge is 0.238 e. The van der Waals surface area contributed by atoms with Crippen molar-refractivity contribution in [2.75, 3.05) is 6.54 Å². The number of hydrogen-bond acceptors (Lipinski definition) is 3. The zero-order valence-corrected chi connectivity index (χ0v) is 15.2. The summed E-state index contributed by atoms with van der Waals surface area (Å²) in [7, 11) is -3.76. The Labute approximate surface area is 148 Å². The average molecular weight is 377 g/mol. The van der Waals surface area contributed by atoms with Crippen LogP contribution in [0.1, 0.15) is 31.2 Å². The van der Waals surface area contributed by atoms with Gasteiger partial charge in [-0.25, -0.2) is 13.6 Å². The molecule has 2 rings (SSSR count). The lowest BCUT2D eigenvalue weighted by atomic mass is 10.0. The minimum atomic E-state index is -3.76. The van der Waals surface area contributed by atoms with Crippen molar-refractivity contribution in [3.8, 4) is 0 Å². The Morgan fingerprint density at radius 2 is 1.65 bits per heavy atom. The first-order chi connectivity index (χ1) is 10.4. The highest BCUT2D eigenvalue weighted by Gasteiger charge is 2.14. The number of sulfonamides is 1. The Kier molecular flexibility index (Phi) is 7.77. The van der Waals surface area contributed by atoms with E-state index in [2.05, 4.69) is 0 Å². The summed E-state index contributed by atoms with van der Waals surface area (Å²) in [5.74, 6) is 0. The van der Waals surface area contributed by atoms with Crippen LogP contribution in [0.4, 0.5) is 0 Å². The molecule has 0 saturated carbocycles. The highest BCUT2D eigenvalue weighted by Crippen LogP contribution is 2.31. The molecule has 0 aliphatic carbocycles. The van der Waals surface area contributed by atoms with Gasteiger partial charge in [-0.3, -0.25) is 0 Å². The molecule has 0 radical (unpaired) electrons. The molecule has 0 spiro atoms. The summed E-state index contributed by atoms with van der Waals surface area (Å²) in [6.07, 6.45) is 5.20. The van der Waals surface area contributed by atoms with Crippen molar-refractivity contribution in [2.24, 2.45) is 10.9 Å². The molecule has 0 amide bonds. The second-order valence-electron chi connectivity index (χ2n) is 5.39. The maximum Gasteiger partial charge on any atom is 0.238 e. The number of nitrogens with two attached hydrogens (primary N) is 2. The lowest BCUT2D eigenvalue weighted by Gasteiger charge is -2.10. The van der Waals surface area contributed by atoms with Gasteiger partial charge in [-0.05, 0) is 37.4 Å². The third-order valence-electron chi connectivity index (χ3n) is 3.74. The molecule has 0 aliphatic heterocycles. The monoisotopic (exact) mass is 376 g/mol. The molecule has 0 fully saturated rings. The van der Waals surface area contributed by atoms with E-state index in [1.165, 1.54) is 6.07 Å². The Hall–Kier alpha value is -0.850. The predicted molar refractivity (Wildman–Crippen MR) is 98.8 cm³/mol. The average Bonchev–Trinajstić information content (AvgIpc) is 2.48. The van der Waals surface area contributed by atoms with E-state index >= 15 is 0 Å². The third kappa shape index (κ3) is 5.06. The van der Waals surface area contributed by atoms with E-state index in [0.717, 1.165) is 49.6 Å². The number of benzene rings is 2. The number of aryl methyl sites for hydroxylation is 1. The van der Waals surface area contributed by atoms with Crippen LogP contribution in [-0.2, 0) is 16.4 Å². The van der Waals surface area contributed by atoms with Gasteiger partial charge in [0, 0.05) is 10.8 Å². The van der Waals surface area contributed by atoms with Crippen LogP contribution in [0, 0.1) is 0 Å². The van der Waals surface area contributed by atoms with Crippen molar-refractivity contribution < 1.29 is 8.42 Å². The zero-order valence-electron chi connectivity index (χ0n) is 12.8. The highest BCUT2D eigenvalue weighted by atomic mass is 35.5. The summed E-state index contributed by atoms with van der Waals surface area (Å²) < 4.78 is 23.3. The molecular formula is C16H22Cl2N2O2S. The number of rotatable bonds is 7. The van der Waals surface area contributed by atoms with Gasteiger partial charge in [-0.2, -0.15) is 0 Å². The van der Waals surface area contributed by atoms with Crippen molar-refractivity contribution in [1.82, 2.24) is 0 Å². The van der Waals surface area contributed by atoms with Crippen LogP contribution in [-0.4, -0.2) is 15.0 Å². The van der Waals surface area contributed by atoms with E-state index < -0.39 is 10.0 Å². The summed E-state index contributed by atoms with van der Waals surface area (Å²) >= 11 is 6.45. The normalized spacial score (nSPS) is 11.4. The number of halogens is 2. The minimum Gasteiger partial charge on any atom is -0.330 e. The first-order valence-electron chi connectivity index (χ1n) is 7.38. The standard InChI is InChI=1S/C16H21ClN2O2S.ClH/c17-16-12(6-3-1-2-4-11-18)9-10-13-14(16)7-5-8-15(13)22(19,20)21;/h5,7-10H,1-4,6,11,18H2,(H2,19,20,21);1H. The minimum absolute atomic E-state index is 0. The maximum atomic E-state index is 11.6. The summed E-state index contributed by atoms with van der Waals surface area (Å²) in [4.78, 5) is 0.112. The van der Waals surface area contributed by atoms with Gasteiger partial charge in [-0.1, -0.05) is 48.7 Å². The molecule has 23 heavy (non-hydrogen) atoms. The highest BCUT2D eigenvalue weighted by molar-refractivity contribution is 7.89. The van der Waals surface area contributed by atoms with Crippen molar-refractivity contribution in [3.63, 3.8) is 0 Å². The summed E-state index contributed by atoms with van der Waals surface area (Å²) in [5.41, 5.74) is 6.51. The zero-order chi connectivity index (χ0) is 16.2. The topological polar surface area (TPSA) is 86.2 Å². The van der Waals surface area contributed by atoms with Crippen LogP contribution in [0.15, 0.2) is 35.2 Å². The second kappa shape index (κ2) is 8.85. The van der Waals surface area contributed by atoms with E-state index in [1.54, 1.807) is 12.1 Å². The number of hydrogen-bond donors (Lipinski definition) is 2. The first-order valence-corrected chi connectivity index (χ1v) is 9.30. The van der Waals surface area contributed by atoms with Crippen LogP contribution < -0.4 is 10.9 Å². The molecule has 0 bridgehead atoms. The van der Waals surface area contributed by atoms with Gasteiger partial charge in [-0.15, -0.1) is 12.4 Å². The molecule has 2 aromatic carbocycles. The Balaban J connectivity index is 0.00000264. The van der Waals surface area contributed by atoms with E-state index in [9.17, 15) is 8.42 Å².